The van der Waals surface area contributed by atoms with Gasteiger partial charge in [0.2, 0.25) is 0 Å². The molecule has 1 unspecified atom stereocenters. The molecular weight excluding hydrogens is 148 g/mol. The lowest BCUT2D eigenvalue weighted by Crippen LogP contribution is -2.73. The van der Waals surface area contributed by atoms with Gasteiger partial charge in [0.15, 0.2) is 0 Å². The summed E-state index contributed by atoms with van der Waals surface area (Å²) in [4.78, 5) is 5.05. The van der Waals surface area contributed by atoms with Crippen molar-refractivity contribution in [3.8, 4) is 0 Å². The van der Waals surface area contributed by atoms with Gasteiger partial charge in [-0.05, 0) is 45.8 Å². The zero-order valence-corrected chi connectivity index (χ0v) is 8.25. The lowest BCUT2D eigenvalue weighted by molar-refractivity contribution is -0.141. The molecule has 0 spiro atoms. The summed E-state index contributed by atoms with van der Waals surface area (Å²) in [6.07, 6.45) is 2.89. The minimum Gasteiger partial charge on any atom is -0.303 e. The van der Waals surface area contributed by atoms with E-state index in [2.05, 4.69) is 30.9 Å². The topological polar surface area (TPSA) is 6.48 Å². The Morgan fingerprint density at radius 3 is 2.67 bits per heavy atom. The Kier molecular flexibility index (Phi) is 1.15. The second-order valence-electron chi connectivity index (χ2n) is 5.20. The average Bonchev–Trinajstić information content (AvgIpc) is 2.14. The molecule has 0 amide bonds. The van der Waals surface area contributed by atoms with Crippen LogP contribution in [0, 0.1) is 11.8 Å². The molecule has 1 heterocycles. The van der Waals surface area contributed by atoms with Crippen molar-refractivity contribution in [2.75, 3.05) is 27.7 Å². The first-order valence-corrected chi connectivity index (χ1v) is 5.03. The van der Waals surface area contributed by atoms with Gasteiger partial charge in [0.25, 0.3) is 0 Å². The van der Waals surface area contributed by atoms with Gasteiger partial charge in [0.1, 0.15) is 0 Å². The molecule has 3 rings (SSSR count). The van der Waals surface area contributed by atoms with E-state index in [1.165, 1.54) is 19.4 Å². The van der Waals surface area contributed by atoms with Crippen molar-refractivity contribution in [1.29, 1.82) is 0 Å². The maximum Gasteiger partial charge on any atom is 0.0267 e. The fourth-order valence-corrected chi connectivity index (χ4v) is 3.99. The third kappa shape index (κ3) is 0.549. The molecule has 2 saturated carbocycles. The highest BCUT2D eigenvalue weighted by molar-refractivity contribution is 5.25. The smallest absolute Gasteiger partial charge is 0.0267 e. The molecule has 4 atom stereocenters. The molecule has 68 valence electrons. The van der Waals surface area contributed by atoms with E-state index in [9.17, 15) is 0 Å². The zero-order chi connectivity index (χ0) is 8.51. The van der Waals surface area contributed by atoms with Crippen LogP contribution in [0.4, 0.5) is 0 Å². The normalized spacial score (nSPS) is 56.5. The molecule has 1 aliphatic heterocycles. The SMILES string of the molecule is CN1C[C@H]2CC3(N(C)C)C[C@@H]1[C@@H]23. The summed E-state index contributed by atoms with van der Waals surface area (Å²) < 4.78 is 0. The fraction of sp³-hybridized carbons (Fsp3) is 1.00. The third-order valence-corrected chi connectivity index (χ3v) is 4.70. The molecule has 12 heavy (non-hydrogen) atoms. The minimum atomic E-state index is 0.639. The van der Waals surface area contributed by atoms with E-state index in [-0.39, 0.29) is 0 Å². The van der Waals surface area contributed by atoms with Gasteiger partial charge in [-0.2, -0.15) is 0 Å². The van der Waals surface area contributed by atoms with Crippen molar-refractivity contribution in [2.45, 2.75) is 24.4 Å². The van der Waals surface area contributed by atoms with Crippen LogP contribution < -0.4 is 0 Å². The Hall–Kier alpha value is -0.0800. The van der Waals surface area contributed by atoms with Crippen molar-refractivity contribution >= 4 is 0 Å². The summed E-state index contributed by atoms with van der Waals surface area (Å²) in [5.74, 6) is 2.06. The Bertz CT molecular complexity index is 226. The first-order valence-electron chi connectivity index (χ1n) is 5.03. The number of hydrogen-bond acceptors (Lipinski definition) is 2. The molecule has 3 aliphatic rings. The Labute approximate surface area is 74.5 Å². The van der Waals surface area contributed by atoms with Crippen LogP contribution in [0.2, 0.25) is 0 Å². The van der Waals surface area contributed by atoms with Crippen LogP contribution in [0.1, 0.15) is 12.8 Å². The average molecular weight is 166 g/mol. The molecule has 3 fully saturated rings. The molecule has 0 aromatic heterocycles. The van der Waals surface area contributed by atoms with E-state index in [1.54, 1.807) is 0 Å². The van der Waals surface area contributed by atoms with E-state index in [0.29, 0.717) is 5.54 Å². The van der Waals surface area contributed by atoms with Gasteiger partial charge >= 0.3 is 0 Å². The number of hydrogen-bond donors (Lipinski definition) is 0. The van der Waals surface area contributed by atoms with Crippen LogP contribution in [-0.4, -0.2) is 49.1 Å². The molecule has 1 saturated heterocycles. The second kappa shape index (κ2) is 1.88. The fourth-order valence-electron chi connectivity index (χ4n) is 3.99. The van der Waals surface area contributed by atoms with Gasteiger partial charge in [-0.1, -0.05) is 0 Å². The van der Waals surface area contributed by atoms with Gasteiger partial charge < -0.3 is 9.80 Å². The summed E-state index contributed by atoms with van der Waals surface area (Å²) >= 11 is 0. The van der Waals surface area contributed by atoms with Crippen molar-refractivity contribution in [1.82, 2.24) is 9.80 Å². The second-order valence-corrected chi connectivity index (χ2v) is 5.20. The Balaban J connectivity index is 1.86. The van der Waals surface area contributed by atoms with Gasteiger partial charge in [-0.15, -0.1) is 0 Å². The molecule has 0 bridgehead atoms. The van der Waals surface area contributed by atoms with Crippen LogP contribution in [0.3, 0.4) is 0 Å². The standard InChI is InChI=1S/C10H18N2/c1-11(2)10-4-7-6-12(3)8(5-10)9(7)10/h7-9H,4-6H2,1-3H3/t7-,8-,9-,10?/m1/s1. The Morgan fingerprint density at radius 1 is 1.33 bits per heavy atom. The van der Waals surface area contributed by atoms with Crippen LogP contribution in [0.25, 0.3) is 0 Å². The highest BCUT2D eigenvalue weighted by Crippen LogP contribution is 2.64. The summed E-state index contributed by atoms with van der Waals surface area (Å²) in [5, 5.41) is 0. The molecule has 2 heteroatoms. The van der Waals surface area contributed by atoms with Crippen LogP contribution in [-0.2, 0) is 0 Å². The van der Waals surface area contributed by atoms with Gasteiger partial charge in [0, 0.05) is 18.1 Å². The van der Waals surface area contributed by atoms with Gasteiger partial charge in [-0.3, -0.25) is 0 Å². The predicted octanol–water partition coefficient (Wildman–Crippen LogP) is 0.641. The van der Waals surface area contributed by atoms with Gasteiger partial charge in [0.05, 0.1) is 0 Å². The largest absolute Gasteiger partial charge is 0.303 e. The highest BCUT2D eigenvalue weighted by atomic mass is 15.3. The molecule has 2 nitrogen and oxygen atoms in total. The summed E-state index contributed by atoms with van der Waals surface area (Å²) in [6, 6.07) is 0.936. The van der Waals surface area contributed by atoms with Gasteiger partial charge in [-0.25, -0.2) is 0 Å². The predicted molar refractivity (Wildman–Crippen MR) is 49.1 cm³/mol. The van der Waals surface area contributed by atoms with Crippen LogP contribution in [0.15, 0.2) is 0 Å². The first kappa shape index (κ1) is 7.34. The molecule has 0 aromatic rings. The van der Waals surface area contributed by atoms with E-state index >= 15 is 0 Å². The van der Waals surface area contributed by atoms with Crippen molar-refractivity contribution in [3.05, 3.63) is 0 Å². The molecule has 0 aromatic carbocycles. The van der Waals surface area contributed by atoms with E-state index in [4.69, 9.17) is 0 Å². The molecular formula is C10H18N2. The third-order valence-electron chi connectivity index (χ3n) is 4.70. The molecule has 0 radical (unpaired) electrons. The quantitative estimate of drug-likeness (QED) is 0.564. The van der Waals surface area contributed by atoms with Crippen molar-refractivity contribution < 1.29 is 0 Å². The van der Waals surface area contributed by atoms with E-state index < -0.39 is 0 Å². The molecule has 0 N–H and O–H groups in total. The Morgan fingerprint density at radius 2 is 2.08 bits per heavy atom. The molecule has 2 aliphatic carbocycles. The van der Waals surface area contributed by atoms with Crippen molar-refractivity contribution in [2.24, 2.45) is 11.8 Å². The van der Waals surface area contributed by atoms with Crippen LogP contribution in [0.5, 0.6) is 0 Å². The van der Waals surface area contributed by atoms with E-state index in [0.717, 1.165) is 17.9 Å². The lowest BCUT2D eigenvalue weighted by Gasteiger charge is -2.66. The van der Waals surface area contributed by atoms with Crippen LogP contribution >= 0.6 is 0 Å². The summed E-state index contributed by atoms with van der Waals surface area (Å²) in [6.45, 7) is 1.37. The maximum absolute atomic E-state index is 2.57. The number of rotatable bonds is 1. The van der Waals surface area contributed by atoms with Crippen molar-refractivity contribution in [3.63, 3.8) is 0 Å². The maximum atomic E-state index is 2.57. The monoisotopic (exact) mass is 166 g/mol. The first-order chi connectivity index (χ1) is 5.65. The summed E-state index contributed by atoms with van der Waals surface area (Å²) in [5.41, 5.74) is 0.639. The van der Waals surface area contributed by atoms with E-state index in [1.807, 2.05) is 0 Å². The number of likely N-dealkylation sites (tertiary alicyclic amines) is 1. The number of nitrogens with zero attached hydrogens (tertiary/aromatic N) is 2. The summed E-state index contributed by atoms with van der Waals surface area (Å²) in [7, 11) is 6.80. The highest BCUT2D eigenvalue weighted by Gasteiger charge is 2.70. The minimum absolute atomic E-state index is 0.639. The zero-order valence-electron chi connectivity index (χ0n) is 8.25. The lowest BCUT2D eigenvalue weighted by atomic mass is 9.47.